The van der Waals surface area contributed by atoms with Gasteiger partial charge in [-0.15, -0.1) is 5.48 Å². The number of nitrogens with zero attached hydrogens (tertiary/aromatic N) is 2. The first-order valence-electron chi connectivity index (χ1n) is 9.87. The molecule has 1 aromatic rings. The fraction of sp³-hybridized carbons (Fsp3) is 0.526. The molecule has 1 aliphatic carbocycles. The monoisotopic (exact) mass is 436 g/mol. The normalized spacial score (nSPS) is 33.8. The average molecular weight is 436 g/mol. The number of hydrogen-bond acceptors (Lipinski definition) is 8. The number of nitro groups is 1. The van der Waals surface area contributed by atoms with Crippen LogP contribution in [-0.4, -0.2) is 66.9 Å². The van der Waals surface area contributed by atoms with Gasteiger partial charge in [0.25, 0.3) is 0 Å². The lowest BCUT2D eigenvalue weighted by Gasteiger charge is -2.41. The van der Waals surface area contributed by atoms with Crippen LogP contribution in [-0.2, 0) is 21.0 Å². The summed E-state index contributed by atoms with van der Waals surface area (Å²) in [6.45, 7) is 0.202. The number of quaternary nitrogens is 1. The highest BCUT2D eigenvalue weighted by atomic mass is 16.6. The lowest BCUT2D eigenvalue weighted by molar-refractivity contribution is -0.881. The molecule has 4 rings (SSSR count). The van der Waals surface area contributed by atoms with Gasteiger partial charge >= 0.3 is 17.8 Å². The molecule has 3 aliphatic rings. The number of benzene rings is 1. The van der Waals surface area contributed by atoms with Gasteiger partial charge in [0.2, 0.25) is 11.6 Å². The van der Waals surface area contributed by atoms with Gasteiger partial charge in [-0.3, -0.25) is 19.7 Å². The van der Waals surface area contributed by atoms with Crippen LogP contribution >= 0.6 is 0 Å². The van der Waals surface area contributed by atoms with Crippen molar-refractivity contribution in [3.05, 3.63) is 39.4 Å². The molecule has 0 bridgehead atoms. The third kappa shape index (κ3) is 2.98. The Labute approximate surface area is 175 Å². The second-order valence-electron chi connectivity index (χ2n) is 8.29. The largest absolute Gasteiger partial charge is 0.508 e. The molecule has 1 aromatic carbocycles. The molecule has 5 atom stereocenters. The Kier molecular flexibility index (Phi) is 4.95. The number of carboxylic acids is 2. The Morgan fingerprint density at radius 2 is 2.03 bits per heavy atom. The van der Waals surface area contributed by atoms with Gasteiger partial charge in [0.05, 0.1) is 31.6 Å². The smallest absolute Gasteiger partial charge is 0.378 e. The van der Waals surface area contributed by atoms with Gasteiger partial charge in [0, 0.05) is 11.3 Å². The molecule has 1 amide bonds. The number of carbonyl (C=O) groups excluding carboxylic acids is 1. The maximum atomic E-state index is 13.0. The number of phenols is 1. The first-order chi connectivity index (χ1) is 14.6. The van der Waals surface area contributed by atoms with Crippen LogP contribution in [0.25, 0.3) is 0 Å². The number of fused-ring (bicyclic) bond motifs is 1. The van der Waals surface area contributed by atoms with Crippen molar-refractivity contribution >= 4 is 17.8 Å². The fourth-order valence-electron chi connectivity index (χ4n) is 5.34. The number of aromatic carboxylic acids is 1. The molecule has 2 heterocycles. The van der Waals surface area contributed by atoms with Crippen molar-refractivity contribution < 1.29 is 43.9 Å². The van der Waals surface area contributed by atoms with E-state index in [4.69, 9.17) is 4.84 Å². The van der Waals surface area contributed by atoms with Gasteiger partial charge in [-0.1, -0.05) is 6.07 Å². The van der Waals surface area contributed by atoms with E-state index in [0.29, 0.717) is 18.5 Å². The third-order valence-corrected chi connectivity index (χ3v) is 6.96. The summed E-state index contributed by atoms with van der Waals surface area (Å²) in [7, 11) is 0. The lowest BCUT2D eigenvalue weighted by atomic mass is 9.75. The van der Waals surface area contributed by atoms with Crippen molar-refractivity contribution in [3.63, 3.8) is 0 Å². The van der Waals surface area contributed by atoms with Crippen LogP contribution in [0.15, 0.2) is 18.2 Å². The van der Waals surface area contributed by atoms with Crippen molar-refractivity contribution in [1.29, 1.82) is 0 Å². The number of phenolic OH excluding ortho intramolecular Hbond substituents is 1. The zero-order valence-corrected chi connectivity index (χ0v) is 16.4. The number of rotatable bonds is 7. The number of aliphatic carboxylic acids is 1. The van der Waals surface area contributed by atoms with Crippen molar-refractivity contribution in [1.82, 2.24) is 5.48 Å². The molecular weight excluding hydrogens is 414 g/mol. The number of aromatic hydroxyl groups is 1. The number of amides is 1. The van der Waals surface area contributed by atoms with Gasteiger partial charge < -0.3 is 15.3 Å². The number of hydroxylamine groups is 1. The molecule has 3 fully saturated rings. The summed E-state index contributed by atoms with van der Waals surface area (Å²) >= 11 is 0. The van der Waals surface area contributed by atoms with Crippen LogP contribution in [0.1, 0.15) is 41.6 Å². The molecule has 12 nitrogen and oxygen atoms in total. The minimum Gasteiger partial charge on any atom is -0.508 e. The summed E-state index contributed by atoms with van der Waals surface area (Å²) in [4.78, 5) is 52.5. The summed E-state index contributed by atoms with van der Waals surface area (Å²) < 4.78 is -0.199. The highest BCUT2D eigenvalue weighted by molar-refractivity contribution is 5.98. The predicted octanol–water partition coefficient (Wildman–Crippen LogP) is 0.467. The zero-order valence-electron chi connectivity index (χ0n) is 16.4. The minimum absolute atomic E-state index is 0.0653. The molecule has 2 saturated heterocycles. The van der Waals surface area contributed by atoms with Crippen molar-refractivity contribution in [3.8, 4) is 5.75 Å². The number of nitrogens with one attached hydrogen (secondary N) is 1. The van der Waals surface area contributed by atoms with E-state index < -0.39 is 40.5 Å². The standard InChI is InChI=1S/C19H21N3O9/c23-12-3-1-10(13(7-12)16(24)25)9-31-20-15-5-6-22(15)18(28)19(22)8-11(21(29)30)2-4-14(19)17(26)27/h1,3,7,11,14-15,20H,2,4-6,8-9H2,(H2-,23,24,25,26,27)/p+1. The van der Waals surface area contributed by atoms with Gasteiger partial charge in [-0.25, -0.2) is 14.1 Å². The second kappa shape index (κ2) is 7.25. The van der Waals surface area contributed by atoms with E-state index in [1.165, 1.54) is 12.1 Å². The minimum atomic E-state index is -1.33. The van der Waals surface area contributed by atoms with E-state index in [1.807, 2.05) is 0 Å². The number of hydrogen-bond donors (Lipinski definition) is 4. The van der Waals surface area contributed by atoms with Crippen LogP contribution < -0.4 is 5.48 Å². The van der Waals surface area contributed by atoms with Crippen LogP contribution in [0.3, 0.4) is 0 Å². The summed E-state index contributed by atoms with van der Waals surface area (Å²) in [5, 5.41) is 39.7. The summed E-state index contributed by atoms with van der Waals surface area (Å²) in [5.41, 5.74) is 1.57. The van der Waals surface area contributed by atoms with E-state index in [9.17, 15) is 39.8 Å². The topological polar surface area (TPSA) is 176 Å². The molecule has 12 heteroatoms. The van der Waals surface area contributed by atoms with Crippen LogP contribution in [0.5, 0.6) is 5.75 Å². The van der Waals surface area contributed by atoms with E-state index in [2.05, 4.69) is 5.48 Å². The molecule has 4 N–H and O–H groups in total. The van der Waals surface area contributed by atoms with Crippen LogP contribution in [0.2, 0.25) is 0 Å². The summed E-state index contributed by atoms with van der Waals surface area (Å²) in [5.74, 6) is -3.89. The first-order valence-corrected chi connectivity index (χ1v) is 9.87. The fourth-order valence-corrected chi connectivity index (χ4v) is 5.34. The molecule has 5 unspecified atom stereocenters. The third-order valence-electron chi connectivity index (χ3n) is 6.96. The Morgan fingerprint density at radius 1 is 1.29 bits per heavy atom. The molecule has 2 aliphatic heterocycles. The van der Waals surface area contributed by atoms with E-state index in [1.54, 1.807) is 0 Å². The number of carboxylic acid groups (broad SMARTS) is 2. The van der Waals surface area contributed by atoms with Gasteiger partial charge in [0.1, 0.15) is 11.7 Å². The second-order valence-corrected chi connectivity index (χ2v) is 8.29. The molecule has 0 radical (unpaired) electrons. The highest BCUT2D eigenvalue weighted by Gasteiger charge is 2.91. The molecule has 2 spiro atoms. The quantitative estimate of drug-likeness (QED) is 0.203. The van der Waals surface area contributed by atoms with Crippen molar-refractivity contribution in [2.45, 2.75) is 50.0 Å². The molecule has 0 aromatic heterocycles. The zero-order chi connectivity index (χ0) is 22.6. The van der Waals surface area contributed by atoms with Gasteiger partial charge in [-0.05, 0) is 24.1 Å². The van der Waals surface area contributed by atoms with Crippen LogP contribution in [0, 0.1) is 16.0 Å². The molecule has 31 heavy (non-hydrogen) atoms. The first kappa shape index (κ1) is 21.2. The lowest BCUT2D eigenvalue weighted by Crippen LogP contribution is -2.65. The van der Waals surface area contributed by atoms with E-state index in [-0.39, 0.29) is 47.6 Å². The Balaban J connectivity index is 1.49. The number of carbonyl (C=O) groups is 3. The SMILES string of the molecule is O=C(O)c1cc(O)ccc1CONC1CC[N+]12C(=O)C21CC([N+](=O)[O-])CCC1C(=O)O. The van der Waals surface area contributed by atoms with E-state index >= 15 is 0 Å². The van der Waals surface area contributed by atoms with Crippen LogP contribution in [0.4, 0.5) is 0 Å². The van der Waals surface area contributed by atoms with E-state index in [0.717, 1.165) is 6.07 Å². The summed E-state index contributed by atoms with van der Waals surface area (Å²) in [6.07, 6.45) is 0.00646. The molecular formula is C19H22N3O9+. The van der Waals surface area contributed by atoms with Crippen molar-refractivity contribution in [2.24, 2.45) is 5.92 Å². The maximum Gasteiger partial charge on any atom is 0.378 e. The Morgan fingerprint density at radius 3 is 2.61 bits per heavy atom. The Bertz CT molecular complexity index is 982. The van der Waals surface area contributed by atoms with Gasteiger partial charge in [-0.2, -0.15) is 0 Å². The average Bonchev–Trinajstić information content (AvgIpc) is 3.24. The summed E-state index contributed by atoms with van der Waals surface area (Å²) in [6, 6.07) is 2.86. The molecule has 1 saturated carbocycles. The Hall–Kier alpha value is -3.09. The molecule has 166 valence electrons. The van der Waals surface area contributed by atoms with Gasteiger partial charge in [0.15, 0.2) is 6.17 Å². The maximum absolute atomic E-state index is 13.0. The highest BCUT2D eigenvalue weighted by Crippen LogP contribution is 2.62. The van der Waals surface area contributed by atoms with Crippen molar-refractivity contribution in [2.75, 3.05) is 6.54 Å². The predicted molar refractivity (Wildman–Crippen MR) is 100 cm³/mol.